The Morgan fingerprint density at radius 2 is 2.18 bits per heavy atom. The predicted octanol–water partition coefficient (Wildman–Crippen LogP) is 0.213. The molecule has 0 radical (unpaired) electrons. The fraction of sp³-hybridized carbons (Fsp3) is 0.857. The quantitative estimate of drug-likeness (QED) is 0.618. The summed E-state index contributed by atoms with van der Waals surface area (Å²) in [5.41, 5.74) is 4.11. The summed E-state index contributed by atoms with van der Waals surface area (Å²) in [6, 6.07) is 0. The van der Waals surface area contributed by atoms with E-state index in [4.69, 9.17) is 15.6 Å². The van der Waals surface area contributed by atoms with Gasteiger partial charge in [0.25, 0.3) is 0 Å². The van der Waals surface area contributed by atoms with E-state index in [1.165, 1.54) is 6.92 Å². The Kier molecular flexibility index (Phi) is 3.48. The molecule has 0 spiro atoms. The van der Waals surface area contributed by atoms with Crippen LogP contribution >= 0.6 is 0 Å². The first-order valence-electron chi connectivity index (χ1n) is 3.50. The second-order valence-electron chi connectivity index (χ2n) is 3.08. The highest BCUT2D eigenvalue weighted by atomic mass is 16.5. The monoisotopic (exact) mass is 161 g/mol. The first-order chi connectivity index (χ1) is 4.86. The maximum Gasteiger partial charge on any atom is 0.325 e. The number of nitrogens with two attached hydrogens (primary N) is 1. The third-order valence-electron chi connectivity index (χ3n) is 1.21. The smallest absolute Gasteiger partial charge is 0.325 e. The summed E-state index contributed by atoms with van der Waals surface area (Å²) in [6.07, 6.45) is 0.0113. The van der Waals surface area contributed by atoms with Crippen molar-refractivity contribution in [2.75, 3.05) is 6.61 Å². The lowest BCUT2D eigenvalue weighted by Crippen LogP contribution is -2.49. The molecule has 3 N–H and O–H groups in total. The lowest BCUT2D eigenvalue weighted by molar-refractivity contribution is -0.145. The van der Waals surface area contributed by atoms with Gasteiger partial charge in [0.2, 0.25) is 0 Å². The topological polar surface area (TPSA) is 72.5 Å². The van der Waals surface area contributed by atoms with Crippen LogP contribution in [0.4, 0.5) is 0 Å². The molecular formula is C7H15NO3. The number of ether oxygens (including phenoxy) is 1. The largest absolute Gasteiger partial charge is 0.480 e. The Morgan fingerprint density at radius 1 is 1.73 bits per heavy atom. The zero-order valence-corrected chi connectivity index (χ0v) is 7.13. The number of aliphatic carboxylic acids is 1. The van der Waals surface area contributed by atoms with Crippen molar-refractivity contribution in [1.82, 2.24) is 0 Å². The van der Waals surface area contributed by atoms with Gasteiger partial charge < -0.3 is 15.6 Å². The average molecular weight is 161 g/mol. The second-order valence-corrected chi connectivity index (χ2v) is 3.08. The molecule has 0 aromatic heterocycles. The molecule has 0 aliphatic carbocycles. The average Bonchev–Trinajstić information content (AvgIpc) is 1.84. The van der Waals surface area contributed by atoms with Crippen LogP contribution in [0, 0.1) is 0 Å². The Hall–Kier alpha value is -0.610. The van der Waals surface area contributed by atoms with Crippen molar-refractivity contribution in [3.05, 3.63) is 0 Å². The van der Waals surface area contributed by atoms with E-state index in [1.807, 2.05) is 13.8 Å². The Morgan fingerprint density at radius 3 is 2.45 bits per heavy atom. The summed E-state index contributed by atoms with van der Waals surface area (Å²) in [5.74, 6) is -1.04. The first-order valence-corrected chi connectivity index (χ1v) is 3.50. The van der Waals surface area contributed by atoms with Gasteiger partial charge in [0.1, 0.15) is 5.54 Å². The maximum atomic E-state index is 10.4. The molecule has 11 heavy (non-hydrogen) atoms. The van der Waals surface area contributed by atoms with Crippen molar-refractivity contribution in [1.29, 1.82) is 0 Å². The van der Waals surface area contributed by atoms with Crippen LogP contribution in [0.15, 0.2) is 0 Å². The molecule has 0 saturated carbocycles. The van der Waals surface area contributed by atoms with E-state index >= 15 is 0 Å². The fourth-order valence-corrected chi connectivity index (χ4v) is 0.402. The van der Waals surface area contributed by atoms with Gasteiger partial charge in [0, 0.05) is 0 Å². The van der Waals surface area contributed by atoms with Gasteiger partial charge in [-0.05, 0) is 20.8 Å². The molecular weight excluding hydrogens is 146 g/mol. The molecule has 0 aromatic rings. The predicted molar refractivity (Wildman–Crippen MR) is 41.3 cm³/mol. The van der Waals surface area contributed by atoms with Crippen molar-refractivity contribution in [2.45, 2.75) is 32.4 Å². The highest BCUT2D eigenvalue weighted by molar-refractivity contribution is 5.77. The maximum absolute atomic E-state index is 10.4. The number of hydrogen-bond acceptors (Lipinski definition) is 3. The van der Waals surface area contributed by atoms with Crippen molar-refractivity contribution < 1.29 is 14.6 Å². The lowest BCUT2D eigenvalue weighted by Gasteiger charge is -2.20. The van der Waals surface area contributed by atoms with Gasteiger partial charge in [0.05, 0.1) is 12.7 Å². The van der Waals surface area contributed by atoms with E-state index in [9.17, 15) is 4.79 Å². The Bertz CT molecular complexity index is 143. The minimum Gasteiger partial charge on any atom is -0.480 e. The van der Waals surface area contributed by atoms with Crippen LogP contribution in [0.25, 0.3) is 0 Å². The molecule has 4 heteroatoms. The number of rotatable bonds is 4. The van der Waals surface area contributed by atoms with Gasteiger partial charge in [0.15, 0.2) is 0 Å². The summed E-state index contributed by atoms with van der Waals surface area (Å²) in [7, 11) is 0. The van der Waals surface area contributed by atoms with Crippen LogP contribution in [0.2, 0.25) is 0 Å². The zero-order chi connectivity index (χ0) is 9.07. The Balaban J connectivity index is 3.83. The van der Waals surface area contributed by atoms with E-state index in [1.54, 1.807) is 0 Å². The minimum atomic E-state index is -1.27. The van der Waals surface area contributed by atoms with Gasteiger partial charge in [-0.25, -0.2) is 0 Å². The van der Waals surface area contributed by atoms with E-state index in [2.05, 4.69) is 0 Å². The van der Waals surface area contributed by atoms with Gasteiger partial charge >= 0.3 is 5.97 Å². The molecule has 0 rings (SSSR count). The molecule has 66 valence electrons. The first kappa shape index (κ1) is 10.4. The van der Waals surface area contributed by atoms with E-state index in [-0.39, 0.29) is 12.7 Å². The van der Waals surface area contributed by atoms with Crippen LogP contribution in [-0.4, -0.2) is 29.3 Å². The van der Waals surface area contributed by atoms with Gasteiger partial charge in [-0.2, -0.15) is 0 Å². The lowest BCUT2D eigenvalue weighted by atomic mass is 10.1. The summed E-state index contributed by atoms with van der Waals surface area (Å²) in [5, 5.41) is 8.55. The highest BCUT2D eigenvalue weighted by Gasteiger charge is 2.28. The fourth-order valence-electron chi connectivity index (χ4n) is 0.402. The zero-order valence-electron chi connectivity index (χ0n) is 7.13. The minimum absolute atomic E-state index is 0.0113. The van der Waals surface area contributed by atoms with Crippen molar-refractivity contribution in [2.24, 2.45) is 5.73 Å². The summed E-state index contributed by atoms with van der Waals surface area (Å²) in [4.78, 5) is 10.4. The third kappa shape index (κ3) is 3.95. The van der Waals surface area contributed by atoms with Crippen LogP contribution in [-0.2, 0) is 9.53 Å². The van der Waals surface area contributed by atoms with Crippen molar-refractivity contribution in [3.8, 4) is 0 Å². The van der Waals surface area contributed by atoms with Gasteiger partial charge in [-0.1, -0.05) is 0 Å². The van der Waals surface area contributed by atoms with Crippen LogP contribution in [0.3, 0.4) is 0 Å². The normalized spacial score (nSPS) is 16.5. The number of carboxylic acids is 1. The number of carboxylic acid groups (broad SMARTS) is 1. The van der Waals surface area contributed by atoms with Crippen LogP contribution in [0.1, 0.15) is 20.8 Å². The summed E-state index contributed by atoms with van der Waals surface area (Å²) in [6.45, 7) is 5.13. The van der Waals surface area contributed by atoms with Gasteiger partial charge in [-0.15, -0.1) is 0 Å². The van der Waals surface area contributed by atoms with Crippen molar-refractivity contribution in [3.63, 3.8) is 0 Å². The molecule has 1 unspecified atom stereocenters. The van der Waals surface area contributed by atoms with Crippen molar-refractivity contribution >= 4 is 5.97 Å². The highest BCUT2D eigenvalue weighted by Crippen LogP contribution is 2.01. The SMILES string of the molecule is CC(C)OCC(C)(N)C(=O)O. The molecule has 0 heterocycles. The molecule has 0 bridgehead atoms. The number of carbonyl (C=O) groups is 1. The Labute approximate surface area is 66.3 Å². The van der Waals surface area contributed by atoms with Gasteiger partial charge in [-0.3, -0.25) is 4.79 Å². The number of hydrogen-bond donors (Lipinski definition) is 2. The molecule has 4 nitrogen and oxygen atoms in total. The summed E-state index contributed by atoms with van der Waals surface area (Å²) >= 11 is 0. The molecule has 0 aromatic carbocycles. The second kappa shape index (κ2) is 3.69. The molecule has 0 aliphatic heterocycles. The van der Waals surface area contributed by atoms with E-state index < -0.39 is 11.5 Å². The van der Waals surface area contributed by atoms with E-state index in [0.29, 0.717) is 0 Å². The van der Waals surface area contributed by atoms with E-state index in [0.717, 1.165) is 0 Å². The van der Waals surface area contributed by atoms with Crippen LogP contribution in [0.5, 0.6) is 0 Å². The molecule has 0 fully saturated rings. The standard InChI is InChI=1S/C7H15NO3/c1-5(2)11-4-7(3,8)6(9)10/h5H,4,8H2,1-3H3,(H,9,10). The molecule has 0 aliphatic rings. The van der Waals surface area contributed by atoms with Crippen LogP contribution < -0.4 is 5.73 Å². The molecule has 0 saturated heterocycles. The molecule has 0 amide bonds. The third-order valence-corrected chi connectivity index (χ3v) is 1.21. The molecule has 1 atom stereocenters. The summed E-state index contributed by atoms with van der Waals surface area (Å²) < 4.78 is 5.06.